The highest BCUT2D eigenvalue weighted by Crippen LogP contribution is 2.32. The first kappa shape index (κ1) is 13.7. The van der Waals surface area contributed by atoms with E-state index >= 15 is 0 Å². The van der Waals surface area contributed by atoms with Gasteiger partial charge in [-0.05, 0) is 24.3 Å². The molecule has 0 heterocycles. The maximum absolute atomic E-state index is 13.7. The van der Waals surface area contributed by atoms with Crippen molar-refractivity contribution in [2.45, 2.75) is 5.33 Å². The number of hydrogen-bond acceptors (Lipinski definition) is 1. The van der Waals surface area contributed by atoms with E-state index in [2.05, 4.69) is 15.9 Å². The Morgan fingerprint density at radius 1 is 1.11 bits per heavy atom. The van der Waals surface area contributed by atoms with Gasteiger partial charge in [-0.2, -0.15) is 0 Å². The summed E-state index contributed by atoms with van der Waals surface area (Å²) in [6, 6.07) is 9.50. The summed E-state index contributed by atoms with van der Waals surface area (Å²) in [7, 11) is 0. The van der Waals surface area contributed by atoms with Crippen molar-refractivity contribution in [3.05, 3.63) is 57.8 Å². The van der Waals surface area contributed by atoms with Gasteiger partial charge in [0, 0.05) is 20.9 Å². The molecule has 0 spiro atoms. The molecule has 2 aromatic rings. The van der Waals surface area contributed by atoms with E-state index in [-0.39, 0.29) is 5.75 Å². The predicted molar refractivity (Wildman–Crippen MR) is 75.6 cm³/mol. The van der Waals surface area contributed by atoms with Crippen molar-refractivity contribution >= 4 is 39.1 Å². The van der Waals surface area contributed by atoms with Crippen molar-refractivity contribution in [3.8, 4) is 11.5 Å². The average molecular weight is 350 g/mol. The standard InChI is InChI=1S/C13H8BrCl2FO/c14-7-8-2-1-3-12(17)13(8)18-11-5-9(15)4-10(16)6-11/h1-6H,7H2. The zero-order valence-electron chi connectivity index (χ0n) is 9.09. The Bertz CT molecular complexity index is 555. The number of halogens is 4. The van der Waals surface area contributed by atoms with Crippen LogP contribution in [0.25, 0.3) is 0 Å². The molecule has 2 rings (SSSR count). The van der Waals surface area contributed by atoms with Gasteiger partial charge in [-0.25, -0.2) is 4.39 Å². The molecular weight excluding hydrogens is 342 g/mol. The van der Waals surface area contributed by atoms with Gasteiger partial charge < -0.3 is 4.74 Å². The van der Waals surface area contributed by atoms with Gasteiger partial charge in [-0.15, -0.1) is 0 Å². The fourth-order valence-corrected chi connectivity index (χ4v) is 2.43. The van der Waals surface area contributed by atoms with Crippen LogP contribution < -0.4 is 4.74 Å². The molecular formula is C13H8BrCl2FO. The van der Waals surface area contributed by atoms with Gasteiger partial charge in [0.25, 0.3) is 0 Å². The zero-order valence-corrected chi connectivity index (χ0v) is 12.2. The topological polar surface area (TPSA) is 9.23 Å². The number of benzene rings is 2. The van der Waals surface area contributed by atoms with Crippen LogP contribution in [-0.4, -0.2) is 0 Å². The Balaban J connectivity index is 2.39. The molecule has 0 amide bonds. The van der Waals surface area contributed by atoms with Crippen LogP contribution in [-0.2, 0) is 5.33 Å². The number of hydrogen-bond donors (Lipinski definition) is 0. The molecule has 0 N–H and O–H groups in total. The molecule has 0 fully saturated rings. The molecule has 0 atom stereocenters. The monoisotopic (exact) mass is 348 g/mol. The number of rotatable bonds is 3. The Hall–Kier alpha value is -0.770. The lowest BCUT2D eigenvalue weighted by molar-refractivity contribution is 0.438. The summed E-state index contributed by atoms with van der Waals surface area (Å²) in [5.74, 6) is 0.149. The van der Waals surface area contributed by atoms with Gasteiger partial charge in [-0.3, -0.25) is 0 Å². The second kappa shape index (κ2) is 5.91. The zero-order chi connectivity index (χ0) is 13.1. The molecule has 0 unspecified atom stereocenters. The summed E-state index contributed by atoms with van der Waals surface area (Å²) in [6.07, 6.45) is 0. The second-order valence-electron chi connectivity index (χ2n) is 3.57. The molecule has 18 heavy (non-hydrogen) atoms. The molecule has 0 saturated carbocycles. The van der Waals surface area contributed by atoms with Crippen LogP contribution in [0.5, 0.6) is 11.5 Å². The molecule has 0 aliphatic carbocycles. The third-order valence-electron chi connectivity index (χ3n) is 2.25. The van der Waals surface area contributed by atoms with Crippen molar-refractivity contribution < 1.29 is 9.13 Å². The van der Waals surface area contributed by atoms with E-state index in [1.165, 1.54) is 6.07 Å². The highest BCUT2D eigenvalue weighted by molar-refractivity contribution is 9.08. The Kier molecular flexibility index (Phi) is 4.49. The first-order chi connectivity index (χ1) is 8.60. The van der Waals surface area contributed by atoms with E-state index in [0.29, 0.717) is 26.7 Å². The van der Waals surface area contributed by atoms with Crippen LogP contribution in [0.2, 0.25) is 10.0 Å². The first-order valence-electron chi connectivity index (χ1n) is 5.07. The van der Waals surface area contributed by atoms with Gasteiger partial charge in [0.2, 0.25) is 0 Å². The maximum Gasteiger partial charge on any atom is 0.167 e. The average Bonchev–Trinajstić information content (AvgIpc) is 2.30. The Labute approximate surface area is 123 Å². The molecule has 0 radical (unpaired) electrons. The molecule has 94 valence electrons. The van der Waals surface area contributed by atoms with Gasteiger partial charge in [0.15, 0.2) is 11.6 Å². The van der Waals surface area contributed by atoms with Crippen LogP contribution in [0, 0.1) is 5.82 Å². The van der Waals surface area contributed by atoms with E-state index in [1.54, 1.807) is 30.3 Å². The fraction of sp³-hybridized carbons (Fsp3) is 0.0769. The molecule has 0 aliphatic heterocycles. The van der Waals surface area contributed by atoms with Crippen LogP contribution in [0.15, 0.2) is 36.4 Å². The van der Waals surface area contributed by atoms with Gasteiger partial charge >= 0.3 is 0 Å². The Morgan fingerprint density at radius 2 is 1.78 bits per heavy atom. The number of ether oxygens (including phenoxy) is 1. The Morgan fingerprint density at radius 3 is 2.39 bits per heavy atom. The summed E-state index contributed by atoms with van der Waals surface area (Å²) in [5.41, 5.74) is 0.714. The minimum Gasteiger partial charge on any atom is -0.454 e. The fourth-order valence-electron chi connectivity index (χ4n) is 1.48. The minimum absolute atomic E-state index is 0.174. The SMILES string of the molecule is Fc1cccc(CBr)c1Oc1cc(Cl)cc(Cl)c1. The smallest absolute Gasteiger partial charge is 0.167 e. The summed E-state index contributed by atoms with van der Waals surface area (Å²) in [5, 5.41) is 1.37. The lowest BCUT2D eigenvalue weighted by Gasteiger charge is -2.11. The highest BCUT2D eigenvalue weighted by Gasteiger charge is 2.10. The first-order valence-corrected chi connectivity index (χ1v) is 6.95. The molecule has 5 heteroatoms. The predicted octanol–water partition coefficient (Wildman–Crippen LogP) is 5.82. The second-order valence-corrected chi connectivity index (χ2v) is 5.00. The quantitative estimate of drug-likeness (QED) is 0.634. The number of alkyl halides is 1. The van der Waals surface area contributed by atoms with Crippen molar-refractivity contribution in [1.29, 1.82) is 0 Å². The maximum atomic E-state index is 13.7. The highest BCUT2D eigenvalue weighted by atomic mass is 79.9. The summed E-state index contributed by atoms with van der Waals surface area (Å²) < 4.78 is 19.2. The summed E-state index contributed by atoms with van der Waals surface area (Å²) in [4.78, 5) is 0. The van der Waals surface area contributed by atoms with Crippen LogP contribution in [0.1, 0.15) is 5.56 Å². The van der Waals surface area contributed by atoms with E-state index in [9.17, 15) is 4.39 Å². The van der Waals surface area contributed by atoms with Gasteiger partial charge in [-0.1, -0.05) is 51.3 Å². The van der Waals surface area contributed by atoms with Crippen LogP contribution in [0.4, 0.5) is 4.39 Å². The molecule has 0 saturated heterocycles. The molecule has 0 aliphatic rings. The lowest BCUT2D eigenvalue weighted by Crippen LogP contribution is -1.93. The lowest BCUT2D eigenvalue weighted by atomic mass is 10.2. The molecule has 0 bridgehead atoms. The largest absolute Gasteiger partial charge is 0.454 e. The van der Waals surface area contributed by atoms with E-state index in [1.807, 2.05) is 0 Å². The normalized spacial score (nSPS) is 10.4. The van der Waals surface area contributed by atoms with Crippen molar-refractivity contribution in [2.24, 2.45) is 0 Å². The molecule has 1 nitrogen and oxygen atoms in total. The van der Waals surface area contributed by atoms with E-state index in [4.69, 9.17) is 27.9 Å². The van der Waals surface area contributed by atoms with Crippen LogP contribution >= 0.6 is 39.1 Å². The van der Waals surface area contributed by atoms with Crippen LogP contribution in [0.3, 0.4) is 0 Å². The van der Waals surface area contributed by atoms with E-state index in [0.717, 1.165) is 0 Å². The molecule has 0 aromatic heterocycles. The summed E-state index contributed by atoms with van der Waals surface area (Å²) in [6.45, 7) is 0. The van der Waals surface area contributed by atoms with Crippen molar-refractivity contribution in [1.82, 2.24) is 0 Å². The van der Waals surface area contributed by atoms with Crippen molar-refractivity contribution in [3.63, 3.8) is 0 Å². The summed E-state index contributed by atoms with van der Waals surface area (Å²) >= 11 is 15.0. The molecule has 2 aromatic carbocycles. The van der Waals surface area contributed by atoms with E-state index < -0.39 is 5.82 Å². The van der Waals surface area contributed by atoms with Crippen molar-refractivity contribution in [2.75, 3.05) is 0 Å². The third kappa shape index (κ3) is 3.16. The third-order valence-corrected chi connectivity index (χ3v) is 3.29. The minimum atomic E-state index is -0.428. The number of para-hydroxylation sites is 1. The van der Waals surface area contributed by atoms with Gasteiger partial charge in [0.05, 0.1) is 0 Å². The van der Waals surface area contributed by atoms with Gasteiger partial charge in [0.1, 0.15) is 5.75 Å².